The van der Waals surface area contributed by atoms with Gasteiger partial charge in [-0.2, -0.15) is 0 Å². The molecule has 3 aliphatic heterocycles. The van der Waals surface area contributed by atoms with Crippen LogP contribution >= 0.6 is 0 Å². The minimum absolute atomic E-state index is 0.156. The van der Waals surface area contributed by atoms with Gasteiger partial charge in [-0.1, -0.05) is 15.5 Å². The molecule has 0 saturated carbocycles. The summed E-state index contributed by atoms with van der Waals surface area (Å²) in [6.45, 7) is 3.47. The van der Waals surface area contributed by atoms with E-state index in [1.807, 2.05) is 6.07 Å². The number of hydrogen-bond acceptors (Lipinski definition) is 6. The van der Waals surface area contributed by atoms with Crippen molar-refractivity contribution in [2.24, 2.45) is 5.41 Å². The normalized spacial score (nSPS) is 40.9. The molecule has 9 heteroatoms. The van der Waals surface area contributed by atoms with Gasteiger partial charge in [-0.3, -0.25) is 19.4 Å². The van der Waals surface area contributed by atoms with Crippen molar-refractivity contribution < 1.29 is 19.1 Å². The number of esters is 1. The van der Waals surface area contributed by atoms with Crippen LogP contribution in [0.4, 0.5) is 0 Å². The Bertz CT molecular complexity index is 878. The molecule has 0 aliphatic carbocycles. The Kier molecular flexibility index (Phi) is 3.44. The van der Waals surface area contributed by atoms with E-state index in [4.69, 9.17) is 15.9 Å². The SMILES string of the molecule is COC(=O)[C@@]1(C)C[C@]23C(=O)N(C)[C@](C)(C(=O)N2[C@H]1c1cccnc1)S3=S. The van der Waals surface area contributed by atoms with Gasteiger partial charge in [0.25, 0.3) is 11.8 Å². The quantitative estimate of drug-likeness (QED) is 0.682. The number of rotatable bonds is 2. The predicted molar refractivity (Wildman–Crippen MR) is 97.2 cm³/mol. The van der Waals surface area contributed by atoms with Gasteiger partial charge in [-0.25, -0.2) is 0 Å². The van der Waals surface area contributed by atoms with E-state index in [9.17, 15) is 14.4 Å². The van der Waals surface area contributed by atoms with Crippen molar-refractivity contribution in [3.63, 3.8) is 0 Å². The van der Waals surface area contributed by atoms with Gasteiger partial charge in [-0.15, -0.1) is 0 Å². The molecule has 1 spiro atoms. The molecule has 1 aromatic heterocycles. The number of nitrogens with zero attached hydrogens (tertiary/aromatic N) is 3. The van der Waals surface area contributed by atoms with Gasteiger partial charge < -0.3 is 14.5 Å². The van der Waals surface area contributed by atoms with E-state index >= 15 is 0 Å². The zero-order valence-corrected chi connectivity index (χ0v) is 16.5. The first kappa shape index (κ1) is 17.5. The van der Waals surface area contributed by atoms with E-state index in [0.29, 0.717) is 5.56 Å². The summed E-state index contributed by atoms with van der Waals surface area (Å²) >= 11 is 5.75. The molecule has 0 radical (unpaired) electrons. The maximum atomic E-state index is 13.4. The first-order valence-electron chi connectivity index (χ1n) is 8.19. The topological polar surface area (TPSA) is 79.8 Å². The monoisotopic (exact) mass is 393 g/mol. The number of methoxy groups -OCH3 is 1. The van der Waals surface area contributed by atoms with Crippen molar-refractivity contribution in [3.8, 4) is 0 Å². The Hall–Kier alpha value is -1.87. The molecule has 1 unspecified atom stereocenters. The lowest BCUT2D eigenvalue weighted by atomic mass is 9.78. The van der Waals surface area contributed by atoms with E-state index in [1.165, 1.54) is 12.0 Å². The van der Waals surface area contributed by atoms with Crippen LogP contribution < -0.4 is 0 Å². The molecule has 4 rings (SSSR count). The highest BCUT2D eigenvalue weighted by Gasteiger charge is 2.81. The van der Waals surface area contributed by atoms with Gasteiger partial charge in [0.05, 0.1) is 18.6 Å². The van der Waals surface area contributed by atoms with Crippen LogP contribution in [-0.2, 0) is 39.8 Å². The zero-order chi connectivity index (χ0) is 19.1. The maximum absolute atomic E-state index is 13.4. The van der Waals surface area contributed by atoms with Crippen molar-refractivity contribution in [1.82, 2.24) is 14.8 Å². The van der Waals surface area contributed by atoms with E-state index in [-0.39, 0.29) is 18.2 Å². The third kappa shape index (κ3) is 1.62. The number of ether oxygens (including phenoxy) is 1. The van der Waals surface area contributed by atoms with Crippen LogP contribution in [0.15, 0.2) is 24.5 Å². The van der Waals surface area contributed by atoms with Crippen molar-refractivity contribution in [1.29, 1.82) is 0 Å². The lowest BCUT2D eigenvalue weighted by Crippen LogP contribution is -2.60. The highest BCUT2D eigenvalue weighted by molar-refractivity contribution is 8.31. The zero-order valence-electron chi connectivity index (χ0n) is 14.9. The fourth-order valence-electron chi connectivity index (χ4n) is 4.69. The highest BCUT2D eigenvalue weighted by atomic mass is 32.8. The smallest absolute Gasteiger partial charge is 0.314 e. The van der Waals surface area contributed by atoms with Crippen molar-refractivity contribution >= 4 is 38.4 Å². The van der Waals surface area contributed by atoms with Crippen molar-refractivity contribution in [3.05, 3.63) is 30.1 Å². The molecular weight excluding hydrogens is 374 g/mol. The summed E-state index contributed by atoms with van der Waals surface area (Å²) < 4.78 is 5.06. The number of aromatic nitrogens is 1. The Balaban J connectivity index is 1.99. The Morgan fingerprint density at radius 3 is 2.65 bits per heavy atom. The molecule has 5 atom stereocenters. The molecule has 0 N–H and O–H groups in total. The largest absolute Gasteiger partial charge is 0.469 e. The number of likely N-dealkylation sites (N-methyl/N-ethyl adjacent to an activating group) is 1. The maximum Gasteiger partial charge on any atom is 0.314 e. The van der Waals surface area contributed by atoms with Gasteiger partial charge >= 0.3 is 5.97 Å². The van der Waals surface area contributed by atoms with Gasteiger partial charge in [-0.05, 0) is 36.7 Å². The molecule has 26 heavy (non-hydrogen) atoms. The summed E-state index contributed by atoms with van der Waals surface area (Å²) in [7, 11) is 1.95. The lowest BCUT2D eigenvalue weighted by molar-refractivity contribution is -0.160. The Morgan fingerprint density at radius 1 is 1.38 bits per heavy atom. The van der Waals surface area contributed by atoms with E-state index in [2.05, 4.69) is 4.98 Å². The van der Waals surface area contributed by atoms with Gasteiger partial charge in [0.1, 0.15) is 0 Å². The molecular formula is C17H19N3O4S2. The molecule has 138 valence electrons. The Labute approximate surface area is 158 Å². The first-order valence-corrected chi connectivity index (χ1v) is 10.3. The number of carbonyl (C=O) groups is 3. The summed E-state index contributed by atoms with van der Waals surface area (Å²) in [4.78, 5) is 44.3. The number of fused-ring (bicyclic) bond motifs is 1. The highest BCUT2D eigenvalue weighted by Crippen LogP contribution is 2.65. The fourth-order valence-corrected chi connectivity index (χ4v) is 8.21. The van der Waals surface area contributed by atoms with Crippen molar-refractivity contribution in [2.75, 3.05) is 14.2 Å². The average molecular weight is 393 g/mol. The van der Waals surface area contributed by atoms with Crippen LogP contribution in [0.3, 0.4) is 0 Å². The molecule has 0 aromatic carbocycles. The van der Waals surface area contributed by atoms with E-state index in [0.717, 1.165) is 0 Å². The number of hydrogen-bond donors (Lipinski definition) is 0. The second-order valence-corrected chi connectivity index (χ2v) is 10.4. The first-order chi connectivity index (χ1) is 12.2. The molecule has 3 saturated heterocycles. The van der Waals surface area contributed by atoms with E-state index < -0.39 is 36.6 Å². The number of pyridine rings is 1. The summed E-state index contributed by atoms with van der Waals surface area (Å²) in [5, 5.41) is 0. The van der Waals surface area contributed by atoms with Gasteiger partial charge in [0, 0.05) is 25.9 Å². The minimum atomic E-state index is -1.18. The van der Waals surface area contributed by atoms with Gasteiger partial charge in [0.2, 0.25) is 0 Å². The third-order valence-corrected chi connectivity index (χ3v) is 10.2. The minimum Gasteiger partial charge on any atom is -0.469 e. The second kappa shape index (κ2) is 5.10. The lowest BCUT2D eigenvalue weighted by Gasteiger charge is -2.40. The van der Waals surface area contributed by atoms with E-state index in [1.54, 1.807) is 44.3 Å². The second-order valence-electron chi connectivity index (χ2n) is 7.35. The van der Waals surface area contributed by atoms with Crippen LogP contribution in [0.2, 0.25) is 0 Å². The van der Waals surface area contributed by atoms with Crippen LogP contribution in [0, 0.1) is 5.41 Å². The average Bonchev–Trinajstić information content (AvgIpc) is 3.08. The molecule has 3 aliphatic rings. The van der Waals surface area contributed by atoms with Crippen LogP contribution in [-0.4, -0.2) is 56.5 Å². The molecule has 3 fully saturated rings. The standard InChI is InChI=1S/C17H19N3O4S2/c1-15(14(23)24-4)9-17-13(22)19(3)16(2,26(17)25)12(21)20(17)11(15)10-6-5-7-18-8-10/h5-8,11H,9H2,1-4H3/t11-,15-,16-,17-,26?/m0/s1. The number of piperazine rings is 1. The summed E-state index contributed by atoms with van der Waals surface area (Å²) in [5.74, 6) is -0.863. The van der Waals surface area contributed by atoms with Crippen LogP contribution in [0.25, 0.3) is 0 Å². The summed E-state index contributed by atoms with van der Waals surface area (Å²) in [6, 6.07) is 2.92. The molecule has 4 heterocycles. The Morgan fingerprint density at radius 2 is 2.08 bits per heavy atom. The summed E-state index contributed by atoms with van der Waals surface area (Å²) in [6.07, 6.45) is 3.41. The predicted octanol–water partition coefficient (Wildman–Crippen LogP) is 0.513. The molecule has 7 nitrogen and oxygen atoms in total. The van der Waals surface area contributed by atoms with Crippen LogP contribution in [0.5, 0.6) is 0 Å². The number of carbonyl (C=O) groups excluding carboxylic acids is 3. The van der Waals surface area contributed by atoms with Gasteiger partial charge in [0.15, 0.2) is 9.74 Å². The summed E-state index contributed by atoms with van der Waals surface area (Å²) in [5.41, 5.74) is -0.385. The van der Waals surface area contributed by atoms with Crippen LogP contribution in [0.1, 0.15) is 31.9 Å². The molecule has 1 aromatic rings. The molecule has 2 bridgehead atoms. The van der Waals surface area contributed by atoms with Crippen molar-refractivity contribution in [2.45, 2.75) is 36.1 Å². The third-order valence-electron chi connectivity index (χ3n) is 6.07. The number of amides is 2. The molecule has 2 amide bonds. The fraction of sp³-hybridized carbons (Fsp3) is 0.529.